The van der Waals surface area contributed by atoms with Crippen LogP contribution in [0, 0.1) is 10.1 Å². The third-order valence-electron chi connectivity index (χ3n) is 7.95. The highest BCUT2D eigenvalue weighted by Crippen LogP contribution is 2.29. The summed E-state index contributed by atoms with van der Waals surface area (Å²) in [6.45, 7) is 4.24. The summed E-state index contributed by atoms with van der Waals surface area (Å²) in [6.07, 6.45) is 4.50. The molecule has 220 valence electrons. The van der Waals surface area contributed by atoms with Crippen molar-refractivity contribution >= 4 is 17.5 Å². The van der Waals surface area contributed by atoms with E-state index in [0.717, 1.165) is 36.4 Å². The van der Waals surface area contributed by atoms with E-state index in [2.05, 4.69) is 15.2 Å². The van der Waals surface area contributed by atoms with Gasteiger partial charge in [-0.3, -0.25) is 29.6 Å². The summed E-state index contributed by atoms with van der Waals surface area (Å²) < 4.78 is 5.44. The number of nitrogens with one attached hydrogen (secondary N) is 1. The van der Waals surface area contributed by atoms with Gasteiger partial charge < -0.3 is 19.9 Å². The van der Waals surface area contributed by atoms with Crippen molar-refractivity contribution in [1.29, 1.82) is 0 Å². The predicted molar refractivity (Wildman–Crippen MR) is 157 cm³/mol. The second kappa shape index (κ2) is 13.5. The van der Waals surface area contributed by atoms with E-state index < -0.39 is 11.0 Å². The Morgan fingerprint density at radius 1 is 1.07 bits per heavy atom. The topological polar surface area (TPSA) is 121 Å². The molecule has 0 aliphatic carbocycles. The number of amides is 2. The lowest BCUT2D eigenvalue weighted by Gasteiger charge is -2.29. The highest BCUT2D eigenvalue weighted by atomic mass is 16.6. The molecular formula is C31H36N6O5. The molecule has 1 aromatic heterocycles. The number of nitrogens with zero attached hydrogens (tertiary/aromatic N) is 5. The van der Waals surface area contributed by atoms with Crippen LogP contribution in [-0.2, 0) is 17.9 Å². The molecule has 3 aromatic rings. The molecule has 11 heteroatoms. The van der Waals surface area contributed by atoms with Gasteiger partial charge in [0.2, 0.25) is 5.91 Å². The molecule has 2 aromatic carbocycles. The molecule has 1 N–H and O–H groups in total. The Balaban J connectivity index is 1.45. The molecule has 0 radical (unpaired) electrons. The number of carbonyl (C=O) groups excluding carboxylic acids is 2. The van der Waals surface area contributed by atoms with Crippen molar-refractivity contribution in [2.45, 2.75) is 38.0 Å². The molecule has 2 saturated heterocycles. The Morgan fingerprint density at radius 2 is 1.88 bits per heavy atom. The van der Waals surface area contributed by atoms with E-state index in [-0.39, 0.29) is 23.5 Å². The third kappa shape index (κ3) is 6.92. The number of aromatic nitrogens is 1. The number of pyridine rings is 1. The Bertz CT molecular complexity index is 1380. The molecule has 2 unspecified atom stereocenters. The predicted octanol–water partition coefficient (Wildman–Crippen LogP) is 3.11. The molecule has 0 spiro atoms. The fourth-order valence-corrected chi connectivity index (χ4v) is 5.75. The van der Waals surface area contributed by atoms with Crippen LogP contribution in [0.15, 0.2) is 73.1 Å². The molecule has 11 nitrogen and oxygen atoms in total. The summed E-state index contributed by atoms with van der Waals surface area (Å²) in [5, 5.41) is 14.6. The lowest BCUT2D eigenvalue weighted by Crippen LogP contribution is -2.48. The van der Waals surface area contributed by atoms with Crippen molar-refractivity contribution in [3.05, 3.63) is 99.9 Å². The van der Waals surface area contributed by atoms with Gasteiger partial charge in [0.1, 0.15) is 11.8 Å². The SMILES string of the molecule is COc1cccc(CN(Cc2ccc([N+](=O)[O-])cc2)C2CC(C(=O)N3CCCNCC3)N(C(=O)c3cccnc3)C2)c1. The fourth-order valence-electron chi connectivity index (χ4n) is 5.75. The number of nitro benzene ring substituents is 1. The van der Waals surface area contributed by atoms with E-state index in [1.807, 2.05) is 29.2 Å². The first-order chi connectivity index (χ1) is 20.4. The maximum Gasteiger partial charge on any atom is 0.269 e. The maximum atomic E-state index is 14.0. The minimum absolute atomic E-state index is 0.0322. The Labute approximate surface area is 245 Å². The van der Waals surface area contributed by atoms with Gasteiger partial charge in [-0.1, -0.05) is 24.3 Å². The van der Waals surface area contributed by atoms with Crippen LogP contribution in [0.3, 0.4) is 0 Å². The second-order valence-electron chi connectivity index (χ2n) is 10.7. The molecule has 2 atom stereocenters. The molecule has 42 heavy (non-hydrogen) atoms. The number of non-ortho nitro benzene ring substituents is 1. The molecular weight excluding hydrogens is 536 g/mol. The van der Waals surface area contributed by atoms with Gasteiger partial charge in [-0.25, -0.2) is 0 Å². The van der Waals surface area contributed by atoms with Crippen molar-refractivity contribution in [1.82, 2.24) is 25.0 Å². The van der Waals surface area contributed by atoms with Crippen LogP contribution in [0.4, 0.5) is 5.69 Å². The largest absolute Gasteiger partial charge is 0.497 e. The zero-order valence-corrected chi connectivity index (χ0v) is 23.7. The first-order valence-corrected chi connectivity index (χ1v) is 14.2. The molecule has 2 fully saturated rings. The molecule has 2 aliphatic heterocycles. The molecule has 5 rings (SSSR count). The summed E-state index contributed by atoms with van der Waals surface area (Å²) in [7, 11) is 1.63. The van der Waals surface area contributed by atoms with E-state index in [0.29, 0.717) is 44.7 Å². The van der Waals surface area contributed by atoms with Crippen LogP contribution in [0.5, 0.6) is 5.75 Å². The second-order valence-corrected chi connectivity index (χ2v) is 10.7. The number of rotatable bonds is 9. The van der Waals surface area contributed by atoms with E-state index >= 15 is 0 Å². The number of hydrogen-bond acceptors (Lipinski definition) is 8. The van der Waals surface area contributed by atoms with E-state index in [1.165, 1.54) is 18.3 Å². The lowest BCUT2D eigenvalue weighted by molar-refractivity contribution is -0.384. The molecule has 0 bridgehead atoms. The number of methoxy groups -OCH3 is 1. The van der Waals surface area contributed by atoms with E-state index in [9.17, 15) is 19.7 Å². The fraction of sp³-hybridized carbons (Fsp3) is 0.387. The van der Waals surface area contributed by atoms with Crippen LogP contribution in [0.25, 0.3) is 0 Å². The van der Waals surface area contributed by atoms with Crippen molar-refractivity contribution in [2.75, 3.05) is 39.8 Å². The number of nitro groups is 1. The van der Waals surface area contributed by atoms with E-state index in [4.69, 9.17) is 4.74 Å². The average Bonchev–Trinajstić information content (AvgIpc) is 3.28. The lowest BCUT2D eigenvalue weighted by atomic mass is 10.1. The van der Waals surface area contributed by atoms with Gasteiger partial charge in [0.05, 0.1) is 17.6 Å². The third-order valence-corrected chi connectivity index (χ3v) is 7.95. The van der Waals surface area contributed by atoms with Gasteiger partial charge in [0.15, 0.2) is 0 Å². The highest BCUT2D eigenvalue weighted by molar-refractivity contribution is 5.97. The average molecular weight is 573 g/mol. The van der Waals surface area contributed by atoms with Crippen LogP contribution in [0.2, 0.25) is 0 Å². The monoisotopic (exact) mass is 572 g/mol. The smallest absolute Gasteiger partial charge is 0.269 e. The van der Waals surface area contributed by atoms with Crippen LogP contribution >= 0.6 is 0 Å². The van der Waals surface area contributed by atoms with Crippen LogP contribution in [-0.4, -0.2) is 88.3 Å². The van der Waals surface area contributed by atoms with Gasteiger partial charge >= 0.3 is 0 Å². The minimum Gasteiger partial charge on any atom is -0.497 e. The number of carbonyl (C=O) groups is 2. The number of ether oxygens (including phenoxy) is 1. The van der Waals surface area contributed by atoms with Gasteiger partial charge in [0, 0.05) is 69.8 Å². The quantitative estimate of drug-likeness (QED) is 0.307. The summed E-state index contributed by atoms with van der Waals surface area (Å²) in [5.74, 6) is 0.495. The van der Waals surface area contributed by atoms with Crippen molar-refractivity contribution in [3.8, 4) is 5.75 Å². The number of likely N-dealkylation sites (tertiary alicyclic amines) is 1. The van der Waals surface area contributed by atoms with Crippen molar-refractivity contribution < 1.29 is 19.2 Å². The molecule has 2 aliphatic rings. The van der Waals surface area contributed by atoms with Crippen LogP contribution < -0.4 is 10.1 Å². The number of hydrogen-bond donors (Lipinski definition) is 1. The summed E-state index contributed by atoms with van der Waals surface area (Å²) in [6, 6.07) is 17.1. The maximum absolute atomic E-state index is 14.0. The summed E-state index contributed by atoms with van der Waals surface area (Å²) in [4.78, 5) is 48.5. The van der Waals surface area contributed by atoms with Gasteiger partial charge in [-0.05, 0) is 54.8 Å². The van der Waals surface area contributed by atoms with Gasteiger partial charge in [-0.15, -0.1) is 0 Å². The first kappa shape index (κ1) is 29.2. The Hall–Kier alpha value is -4.35. The van der Waals surface area contributed by atoms with Gasteiger partial charge in [-0.2, -0.15) is 0 Å². The summed E-state index contributed by atoms with van der Waals surface area (Å²) >= 11 is 0. The number of benzene rings is 2. The first-order valence-electron chi connectivity index (χ1n) is 14.2. The zero-order chi connectivity index (χ0) is 29.5. The molecule has 2 amide bonds. The molecule has 0 saturated carbocycles. The standard InChI is InChI=1S/C31H36N6O5/c1-42-28-7-2-5-24(17-28)21-35(20-23-8-10-26(11-9-23)37(40)41)27-18-29(31(39)34-15-4-13-32-14-16-34)36(22-27)30(38)25-6-3-12-33-19-25/h2-3,5-12,17,19,27,29,32H,4,13-16,18,20-22H2,1H3. The van der Waals surface area contributed by atoms with Gasteiger partial charge in [0.25, 0.3) is 11.6 Å². The van der Waals surface area contributed by atoms with E-state index in [1.54, 1.807) is 42.5 Å². The Kier molecular flexibility index (Phi) is 9.40. The minimum atomic E-state index is -0.606. The normalized spacial score (nSPS) is 19.0. The summed E-state index contributed by atoms with van der Waals surface area (Å²) in [5.41, 5.74) is 2.41. The van der Waals surface area contributed by atoms with Crippen LogP contribution in [0.1, 0.15) is 34.3 Å². The Morgan fingerprint density at radius 3 is 2.62 bits per heavy atom. The van der Waals surface area contributed by atoms with Crippen molar-refractivity contribution in [3.63, 3.8) is 0 Å². The highest BCUT2D eigenvalue weighted by Gasteiger charge is 2.43. The van der Waals surface area contributed by atoms with Crippen molar-refractivity contribution in [2.24, 2.45) is 0 Å². The zero-order valence-electron chi connectivity index (χ0n) is 23.7. The molecule has 3 heterocycles.